The fourth-order valence-electron chi connectivity index (χ4n) is 3.56. The molecule has 0 atom stereocenters. The van der Waals surface area contributed by atoms with E-state index in [9.17, 15) is 0 Å². The highest BCUT2D eigenvalue weighted by atomic mass is 16.3. The lowest BCUT2D eigenvalue weighted by Crippen LogP contribution is -2.43. The molecule has 0 bridgehead atoms. The fourth-order valence-corrected chi connectivity index (χ4v) is 3.56. The van der Waals surface area contributed by atoms with E-state index < -0.39 is 0 Å². The molecule has 0 radical (unpaired) electrons. The Balaban J connectivity index is 1.55. The van der Waals surface area contributed by atoms with E-state index in [1.807, 2.05) is 25.2 Å². The van der Waals surface area contributed by atoms with Crippen LogP contribution in [-0.2, 0) is 13.6 Å². The first kappa shape index (κ1) is 18.0. The molecule has 6 nitrogen and oxygen atoms in total. The van der Waals surface area contributed by atoms with E-state index in [4.69, 9.17) is 5.11 Å². The molecule has 1 aliphatic heterocycles. The van der Waals surface area contributed by atoms with Gasteiger partial charge in [-0.15, -0.1) is 10.2 Å². The summed E-state index contributed by atoms with van der Waals surface area (Å²) in [6.45, 7) is 4.27. The molecule has 1 fully saturated rings. The van der Waals surface area contributed by atoms with Gasteiger partial charge in [0.05, 0.1) is 6.54 Å². The molecular formula is C19H29N5O. The molecule has 136 valence electrons. The molecule has 1 aromatic heterocycles. The zero-order valence-corrected chi connectivity index (χ0v) is 15.3. The van der Waals surface area contributed by atoms with Crippen LogP contribution in [0.1, 0.15) is 25.1 Å². The molecule has 0 unspecified atom stereocenters. The number of hydrogen-bond acceptors (Lipinski definition) is 5. The second-order valence-electron chi connectivity index (χ2n) is 6.93. The highest BCUT2D eigenvalue weighted by Crippen LogP contribution is 2.20. The van der Waals surface area contributed by atoms with Crippen molar-refractivity contribution in [1.82, 2.24) is 24.6 Å². The Labute approximate surface area is 150 Å². The zero-order chi connectivity index (χ0) is 17.6. The van der Waals surface area contributed by atoms with Crippen LogP contribution in [0.3, 0.4) is 0 Å². The zero-order valence-electron chi connectivity index (χ0n) is 15.3. The predicted molar refractivity (Wildman–Crippen MR) is 99.1 cm³/mol. The summed E-state index contributed by atoms with van der Waals surface area (Å²) in [7, 11) is 4.22. The summed E-state index contributed by atoms with van der Waals surface area (Å²) in [6, 6.07) is 10.8. The van der Waals surface area contributed by atoms with E-state index in [-0.39, 0.29) is 6.61 Å². The predicted octanol–water partition coefficient (Wildman–Crippen LogP) is 1.76. The van der Waals surface area contributed by atoms with Crippen LogP contribution in [0.15, 0.2) is 30.3 Å². The molecule has 0 spiro atoms. The van der Waals surface area contributed by atoms with Gasteiger partial charge >= 0.3 is 0 Å². The molecule has 1 aliphatic rings. The third-order valence-electron chi connectivity index (χ3n) is 5.21. The van der Waals surface area contributed by atoms with Crippen molar-refractivity contribution >= 4 is 0 Å². The van der Waals surface area contributed by atoms with Gasteiger partial charge < -0.3 is 14.6 Å². The smallest absolute Gasteiger partial charge is 0.163 e. The molecular weight excluding hydrogens is 314 g/mol. The van der Waals surface area contributed by atoms with E-state index in [1.165, 1.54) is 12.8 Å². The first-order chi connectivity index (χ1) is 12.2. The lowest BCUT2D eigenvalue weighted by atomic mass is 10.0. The van der Waals surface area contributed by atoms with Gasteiger partial charge in [-0.25, -0.2) is 0 Å². The molecule has 2 aromatic rings. The van der Waals surface area contributed by atoms with Gasteiger partial charge in [0, 0.05) is 44.9 Å². The summed E-state index contributed by atoms with van der Waals surface area (Å²) in [5.74, 6) is 1.94. The SMILES string of the molecule is CN(CCCO)C1CCN(Cc2nnc(-c3ccccc3)n2C)CC1. The maximum atomic E-state index is 8.98. The van der Waals surface area contributed by atoms with E-state index in [1.54, 1.807) is 0 Å². The van der Waals surface area contributed by atoms with Crippen LogP contribution < -0.4 is 0 Å². The van der Waals surface area contributed by atoms with Crippen LogP contribution in [0.4, 0.5) is 0 Å². The highest BCUT2D eigenvalue weighted by Gasteiger charge is 2.23. The average molecular weight is 343 g/mol. The Kier molecular flexibility index (Phi) is 6.18. The summed E-state index contributed by atoms with van der Waals surface area (Å²) in [5, 5.41) is 17.8. The van der Waals surface area contributed by atoms with Crippen molar-refractivity contribution in [3.8, 4) is 11.4 Å². The van der Waals surface area contributed by atoms with E-state index in [0.717, 1.165) is 49.8 Å². The molecule has 25 heavy (non-hydrogen) atoms. The van der Waals surface area contributed by atoms with Crippen molar-refractivity contribution in [2.75, 3.05) is 33.3 Å². The summed E-state index contributed by atoms with van der Waals surface area (Å²) in [5.41, 5.74) is 1.10. The molecule has 2 heterocycles. The third kappa shape index (κ3) is 4.45. The minimum atomic E-state index is 0.277. The average Bonchev–Trinajstić information content (AvgIpc) is 3.01. The van der Waals surface area contributed by atoms with Gasteiger partial charge in [0.1, 0.15) is 5.82 Å². The summed E-state index contributed by atoms with van der Waals surface area (Å²) < 4.78 is 2.11. The summed E-state index contributed by atoms with van der Waals surface area (Å²) >= 11 is 0. The molecule has 3 rings (SSSR count). The van der Waals surface area contributed by atoms with Gasteiger partial charge in [-0.1, -0.05) is 30.3 Å². The minimum Gasteiger partial charge on any atom is -0.396 e. The highest BCUT2D eigenvalue weighted by molar-refractivity contribution is 5.54. The second-order valence-corrected chi connectivity index (χ2v) is 6.93. The number of piperidine rings is 1. The van der Waals surface area contributed by atoms with Crippen molar-refractivity contribution < 1.29 is 5.11 Å². The van der Waals surface area contributed by atoms with Crippen LogP contribution in [0.25, 0.3) is 11.4 Å². The van der Waals surface area contributed by atoms with Gasteiger partial charge in [-0.05, 0) is 26.3 Å². The summed E-state index contributed by atoms with van der Waals surface area (Å²) in [6.07, 6.45) is 3.20. The topological polar surface area (TPSA) is 57.4 Å². The van der Waals surface area contributed by atoms with Crippen molar-refractivity contribution in [2.24, 2.45) is 7.05 Å². The van der Waals surface area contributed by atoms with E-state index >= 15 is 0 Å². The Morgan fingerprint density at radius 1 is 1.16 bits per heavy atom. The monoisotopic (exact) mass is 343 g/mol. The standard InChI is InChI=1S/C19H29N5O/c1-22(11-6-14-25)17-9-12-24(13-10-17)15-18-20-21-19(23(18)2)16-7-4-3-5-8-16/h3-5,7-8,17,25H,6,9-15H2,1-2H3. The van der Waals surface area contributed by atoms with Gasteiger partial charge in [0.2, 0.25) is 0 Å². The number of aliphatic hydroxyl groups excluding tert-OH is 1. The van der Waals surface area contributed by atoms with Crippen molar-refractivity contribution in [3.05, 3.63) is 36.2 Å². The van der Waals surface area contributed by atoms with E-state index in [0.29, 0.717) is 6.04 Å². The van der Waals surface area contributed by atoms with Crippen LogP contribution in [0.2, 0.25) is 0 Å². The first-order valence-electron chi connectivity index (χ1n) is 9.16. The molecule has 1 N–H and O–H groups in total. The molecule has 1 saturated heterocycles. The van der Waals surface area contributed by atoms with Crippen LogP contribution in [-0.4, -0.2) is 69.0 Å². The largest absolute Gasteiger partial charge is 0.396 e. The maximum Gasteiger partial charge on any atom is 0.163 e. The summed E-state index contributed by atoms with van der Waals surface area (Å²) in [4.78, 5) is 4.86. The molecule has 0 aliphatic carbocycles. The van der Waals surface area contributed by atoms with Gasteiger partial charge in [-0.3, -0.25) is 4.90 Å². The molecule has 1 aromatic carbocycles. The Morgan fingerprint density at radius 2 is 1.88 bits per heavy atom. The van der Waals surface area contributed by atoms with Crippen LogP contribution in [0, 0.1) is 0 Å². The van der Waals surface area contributed by atoms with Crippen LogP contribution in [0.5, 0.6) is 0 Å². The Morgan fingerprint density at radius 3 is 2.56 bits per heavy atom. The Hall–Kier alpha value is -1.76. The number of nitrogens with zero attached hydrogens (tertiary/aromatic N) is 5. The quantitative estimate of drug-likeness (QED) is 0.830. The number of benzene rings is 1. The van der Waals surface area contributed by atoms with Crippen molar-refractivity contribution in [2.45, 2.75) is 31.8 Å². The lowest BCUT2D eigenvalue weighted by molar-refractivity contribution is 0.115. The molecule has 0 saturated carbocycles. The maximum absolute atomic E-state index is 8.98. The van der Waals surface area contributed by atoms with Gasteiger partial charge in [-0.2, -0.15) is 0 Å². The number of rotatable bonds is 7. The van der Waals surface area contributed by atoms with Gasteiger partial charge in [0.25, 0.3) is 0 Å². The van der Waals surface area contributed by atoms with E-state index in [2.05, 4.69) is 43.7 Å². The normalized spacial score (nSPS) is 16.6. The van der Waals surface area contributed by atoms with Crippen LogP contribution >= 0.6 is 0 Å². The molecule has 6 heteroatoms. The second kappa shape index (κ2) is 8.56. The first-order valence-corrected chi connectivity index (χ1v) is 9.16. The lowest BCUT2D eigenvalue weighted by Gasteiger charge is -2.36. The Bertz CT molecular complexity index is 649. The number of aromatic nitrogens is 3. The third-order valence-corrected chi connectivity index (χ3v) is 5.21. The van der Waals surface area contributed by atoms with Gasteiger partial charge in [0.15, 0.2) is 5.82 Å². The van der Waals surface area contributed by atoms with Crippen molar-refractivity contribution in [3.63, 3.8) is 0 Å². The number of hydrogen-bond donors (Lipinski definition) is 1. The minimum absolute atomic E-state index is 0.277. The molecule has 0 amide bonds. The fraction of sp³-hybridized carbons (Fsp3) is 0.579. The number of aliphatic hydroxyl groups is 1. The number of likely N-dealkylation sites (tertiary alicyclic amines) is 1. The van der Waals surface area contributed by atoms with Crippen molar-refractivity contribution in [1.29, 1.82) is 0 Å².